The number of hydrogen-bond acceptors (Lipinski definition) is 1. The van der Waals surface area contributed by atoms with Crippen LogP contribution in [0.25, 0.3) is 0 Å². The molecular weight excluding hydrogens is 170 g/mol. The van der Waals surface area contributed by atoms with E-state index in [2.05, 4.69) is 25.8 Å². The van der Waals surface area contributed by atoms with E-state index in [4.69, 9.17) is 11.6 Å². The fraction of sp³-hybridized carbons (Fsp3) is 0.400. The summed E-state index contributed by atoms with van der Waals surface area (Å²) in [4.78, 5) is 2.18. The zero-order chi connectivity index (χ0) is 9.14. The molecule has 0 fully saturated rings. The summed E-state index contributed by atoms with van der Waals surface area (Å²) in [6.07, 6.45) is 0. The number of nitrogens with zero attached hydrogens (tertiary/aromatic N) is 1. The summed E-state index contributed by atoms with van der Waals surface area (Å²) in [6, 6.07) is 5.97. The van der Waals surface area contributed by atoms with Crippen LogP contribution in [0, 0.1) is 6.92 Å². The van der Waals surface area contributed by atoms with Crippen LogP contribution in [0.1, 0.15) is 12.5 Å². The predicted octanol–water partition coefficient (Wildman–Crippen LogP) is 3.10. The van der Waals surface area contributed by atoms with Crippen molar-refractivity contribution in [1.82, 2.24) is 0 Å². The molecule has 0 atom stereocenters. The van der Waals surface area contributed by atoms with Gasteiger partial charge in [-0.2, -0.15) is 0 Å². The van der Waals surface area contributed by atoms with Gasteiger partial charge in [-0.1, -0.05) is 17.7 Å². The monoisotopic (exact) mass is 183 g/mol. The Morgan fingerprint density at radius 3 is 2.67 bits per heavy atom. The van der Waals surface area contributed by atoms with Crippen LogP contribution in [0.4, 0.5) is 5.69 Å². The summed E-state index contributed by atoms with van der Waals surface area (Å²) in [5.41, 5.74) is 2.48. The largest absolute Gasteiger partial charge is 0.375 e. The highest BCUT2D eigenvalue weighted by Crippen LogP contribution is 2.22. The zero-order valence-electron chi connectivity index (χ0n) is 7.76. The number of benzene rings is 1. The molecule has 0 spiro atoms. The molecule has 12 heavy (non-hydrogen) atoms. The van der Waals surface area contributed by atoms with Crippen LogP contribution in [-0.2, 0) is 0 Å². The van der Waals surface area contributed by atoms with Gasteiger partial charge in [0.1, 0.15) is 0 Å². The lowest BCUT2D eigenvalue weighted by atomic mass is 10.2. The van der Waals surface area contributed by atoms with E-state index in [1.165, 1.54) is 11.3 Å². The fourth-order valence-corrected chi connectivity index (χ4v) is 1.33. The van der Waals surface area contributed by atoms with Crippen LogP contribution in [0.2, 0.25) is 5.02 Å². The maximum atomic E-state index is 5.89. The van der Waals surface area contributed by atoms with E-state index in [-0.39, 0.29) is 0 Å². The van der Waals surface area contributed by atoms with E-state index in [1.54, 1.807) is 0 Å². The molecule has 0 amide bonds. The number of anilines is 1. The third kappa shape index (κ3) is 1.92. The molecule has 1 rings (SSSR count). The molecule has 0 saturated heterocycles. The summed E-state index contributed by atoms with van der Waals surface area (Å²) in [5.74, 6) is 0. The van der Waals surface area contributed by atoms with Gasteiger partial charge in [0.05, 0.1) is 0 Å². The quantitative estimate of drug-likeness (QED) is 0.681. The Balaban J connectivity index is 3.04. The van der Waals surface area contributed by atoms with E-state index >= 15 is 0 Å². The molecule has 0 N–H and O–H groups in total. The van der Waals surface area contributed by atoms with E-state index in [1.807, 2.05) is 18.2 Å². The third-order valence-electron chi connectivity index (χ3n) is 2.06. The standard InChI is InChI=1S/C10H14ClN/c1-4-12(3)10-7-9(11)6-5-8(10)2/h5-7H,4H2,1-3H3. The van der Waals surface area contributed by atoms with Gasteiger partial charge in [0.2, 0.25) is 0 Å². The van der Waals surface area contributed by atoms with Crippen molar-refractivity contribution in [3.05, 3.63) is 28.8 Å². The lowest BCUT2D eigenvalue weighted by Gasteiger charge is -2.19. The van der Waals surface area contributed by atoms with Crippen LogP contribution >= 0.6 is 11.6 Å². The van der Waals surface area contributed by atoms with Crippen molar-refractivity contribution in [1.29, 1.82) is 0 Å². The lowest BCUT2D eigenvalue weighted by Crippen LogP contribution is -2.16. The van der Waals surface area contributed by atoms with Crippen LogP contribution < -0.4 is 4.90 Å². The van der Waals surface area contributed by atoms with Gasteiger partial charge in [0.15, 0.2) is 0 Å². The zero-order valence-corrected chi connectivity index (χ0v) is 8.52. The molecule has 0 unspecified atom stereocenters. The van der Waals surface area contributed by atoms with Gasteiger partial charge in [0, 0.05) is 24.3 Å². The Morgan fingerprint density at radius 2 is 2.08 bits per heavy atom. The van der Waals surface area contributed by atoms with Crippen LogP contribution in [0.15, 0.2) is 18.2 Å². The highest BCUT2D eigenvalue weighted by molar-refractivity contribution is 6.30. The second-order valence-electron chi connectivity index (χ2n) is 2.94. The van der Waals surface area contributed by atoms with Crippen LogP contribution in [-0.4, -0.2) is 13.6 Å². The molecule has 0 heterocycles. The first-order valence-electron chi connectivity index (χ1n) is 4.12. The molecule has 0 aliphatic carbocycles. The number of rotatable bonds is 2. The smallest absolute Gasteiger partial charge is 0.0426 e. The molecule has 0 saturated carbocycles. The topological polar surface area (TPSA) is 3.24 Å². The Kier molecular flexibility index (Phi) is 2.99. The summed E-state index contributed by atoms with van der Waals surface area (Å²) in [5, 5.41) is 0.802. The Morgan fingerprint density at radius 1 is 1.42 bits per heavy atom. The lowest BCUT2D eigenvalue weighted by molar-refractivity contribution is 0.961. The molecule has 0 aliphatic rings. The first-order chi connectivity index (χ1) is 5.65. The van der Waals surface area contributed by atoms with Crippen molar-refractivity contribution in [2.45, 2.75) is 13.8 Å². The van der Waals surface area contributed by atoms with Gasteiger partial charge in [-0.15, -0.1) is 0 Å². The van der Waals surface area contributed by atoms with Crippen molar-refractivity contribution in [2.24, 2.45) is 0 Å². The maximum absolute atomic E-state index is 5.89. The molecule has 1 aromatic carbocycles. The summed E-state index contributed by atoms with van der Waals surface area (Å²) in [7, 11) is 2.07. The number of hydrogen-bond donors (Lipinski definition) is 0. The van der Waals surface area contributed by atoms with Gasteiger partial charge >= 0.3 is 0 Å². The molecule has 0 radical (unpaired) electrons. The predicted molar refractivity (Wildman–Crippen MR) is 55.1 cm³/mol. The van der Waals surface area contributed by atoms with E-state index in [9.17, 15) is 0 Å². The minimum absolute atomic E-state index is 0.802. The first kappa shape index (κ1) is 9.40. The average molecular weight is 184 g/mol. The van der Waals surface area contributed by atoms with Crippen molar-refractivity contribution >= 4 is 17.3 Å². The van der Waals surface area contributed by atoms with Crippen LogP contribution in [0.5, 0.6) is 0 Å². The van der Waals surface area contributed by atoms with Gasteiger partial charge in [-0.05, 0) is 31.5 Å². The highest BCUT2D eigenvalue weighted by Gasteiger charge is 2.02. The molecule has 1 aromatic rings. The second-order valence-corrected chi connectivity index (χ2v) is 3.38. The van der Waals surface area contributed by atoms with E-state index in [0.29, 0.717) is 0 Å². The SMILES string of the molecule is CCN(C)c1cc(Cl)ccc1C. The van der Waals surface area contributed by atoms with Crippen molar-refractivity contribution in [3.8, 4) is 0 Å². The fourth-order valence-electron chi connectivity index (χ4n) is 1.16. The Hall–Kier alpha value is -0.690. The molecular formula is C10H14ClN. The van der Waals surface area contributed by atoms with E-state index in [0.717, 1.165) is 11.6 Å². The van der Waals surface area contributed by atoms with Crippen molar-refractivity contribution in [2.75, 3.05) is 18.5 Å². The molecule has 0 aromatic heterocycles. The van der Waals surface area contributed by atoms with Gasteiger partial charge in [0.25, 0.3) is 0 Å². The minimum Gasteiger partial charge on any atom is -0.375 e. The van der Waals surface area contributed by atoms with Crippen molar-refractivity contribution < 1.29 is 0 Å². The van der Waals surface area contributed by atoms with E-state index < -0.39 is 0 Å². The maximum Gasteiger partial charge on any atom is 0.0426 e. The van der Waals surface area contributed by atoms with Gasteiger partial charge in [-0.3, -0.25) is 0 Å². The highest BCUT2D eigenvalue weighted by atomic mass is 35.5. The molecule has 2 heteroatoms. The minimum atomic E-state index is 0.802. The summed E-state index contributed by atoms with van der Waals surface area (Å²) in [6.45, 7) is 5.22. The van der Waals surface area contributed by atoms with Gasteiger partial charge in [-0.25, -0.2) is 0 Å². The number of halogens is 1. The number of aryl methyl sites for hydroxylation is 1. The van der Waals surface area contributed by atoms with Crippen LogP contribution in [0.3, 0.4) is 0 Å². The molecule has 1 nitrogen and oxygen atoms in total. The third-order valence-corrected chi connectivity index (χ3v) is 2.29. The molecule has 0 bridgehead atoms. The Bertz CT molecular complexity index is 271. The Labute approximate surface area is 79.0 Å². The normalized spacial score (nSPS) is 10.0. The summed E-state index contributed by atoms with van der Waals surface area (Å²) < 4.78 is 0. The van der Waals surface area contributed by atoms with Gasteiger partial charge < -0.3 is 4.90 Å². The average Bonchev–Trinajstić information content (AvgIpc) is 2.08. The first-order valence-corrected chi connectivity index (χ1v) is 4.50. The summed E-state index contributed by atoms with van der Waals surface area (Å²) >= 11 is 5.89. The molecule has 0 aliphatic heterocycles. The second kappa shape index (κ2) is 3.81. The van der Waals surface area contributed by atoms with Crippen molar-refractivity contribution in [3.63, 3.8) is 0 Å². The molecule has 66 valence electrons.